The number of nitrogens with zero attached hydrogens (tertiary/aromatic N) is 5. The SMILES string of the molecule is c1cnc(OC[C@H]2CN(CC3CC3)Cc3ccnn32)nc1. The Morgan fingerprint density at radius 2 is 2.05 bits per heavy atom. The van der Waals surface area contributed by atoms with Crippen LogP contribution in [-0.4, -0.2) is 44.3 Å². The first-order chi connectivity index (χ1) is 10.4. The lowest BCUT2D eigenvalue weighted by Crippen LogP contribution is -2.41. The zero-order chi connectivity index (χ0) is 14.1. The molecule has 0 unspecified atom stereocenters. The normalized spacial score (nSPS) is 22.0. The summed E-state index contributed by atoms with van der Waals surface area (Å²) < 4.78 is 7.82. The summed E-state index contributed by atoms with van der Waals surface area (Å²) >= 11 is 0. The number of ether oxygens (including phenoxy) is 1. The molecule has 0 saturated heterocycles. The van der Waals surface area contributed by atoms with Gasteiger partial charge < -0.3 is 4.74 Å². The van der Waals surface area contributed by atoms with E-state index in [1.165, 1.54) is 25.1 Å². The van der Waals surface area contributed by atoms with Gasteiger partial charge in [0.2, 0.25) is 0 Å². The van der Waals surface area contributed by atoms with Gasteiger partial charge >= 0.3 is 6.01 Å². The molecule has 0 radical (unpaired) electrons. The Bertz CT molecular complexity index is 595. The van der Waals surface area contributed by atoms with E-state index < -0.39 is 0 Å². The van der Waals surface area contributed by atoms with Gasteiger partial charge in [-0.25, -0.2) is 9.97 Å². The summed E-state index contributed by atoms with van der Waals surface area (Å²) in [5.41, 5.74) is 1.27. The molecule has 0 N–H and O–H groups in total. The van der Waals surface area contributed by atoms with Crippen LogP contribution < -0.4 is 4.74 Å². The van der Waals surface area contributed by atoms with Crippen molar-refractivity contribution in [1.82, 2.24) is 24.6 Å². The van der Waals surface area contributed by atoms with E-state index in [2.05, 4.69) is 30.7 Å². The molecule has 1 aliphatic heterocycles. The van der Waals surface area contributed by atoms with Gasteiger partial charge in [-0.1, -0.05) is 0 Å². The topological polar surface area (TPSA) is 56.1 Å². The number of rotatable bonds is 5. The minimum absolute atomic E-state index is 0.228. The smallest absolute Gasteiger partial charge is 0.316 e. The number of hydrogen-bond donors (Lipinski definition) is 0. The monoisotopic (exact) mass is 285 g/mol. The lowest BCUT2D eigenvalue weighted by molar-refractivity contribution is 0.124. The second-order valence-electron chi connectivity index (χ2n) is 5.90. The summed E-state index contributed by atoms with van der Waals surface area (Å²) in [6.07, 6.45) is 8.04. The molecule has 6 nitrogen and oxygen atoms in total. The van der Waals surface area contributed by atoms with E-state index in [1.54, 1.807) is 18.5 Å². The van der Waals surface area contributed by atoms with Crippen molar-refractivity contribution in [3.63, 3.8) is 0 Å². The van der Waals surface area contributed by atoms with Gasteiger partial charge in [0.05, 0.1) is 11.7 Å². The van der Waals surface area contributed by atoms with Crippen LogP contribution in [0.4, 0.5) is 0 Å². The van der Waals surface area contributed by atoms with Gasteiger partial charge in [-0.05, 0) is 30.9 Å². The van der Waals surface area contributed by atoms with Crippen LogP contribution in [0, 0.1) is 5.92 Å². The summed E-state index contributed by atoms with van der Waals surface area (Å²) in [5, 5.41) is 4.45. The zero-order valence-corrected chi connectivity index (χ0v) is 11.9. The van der Waals surface area contributed by atoms with Crippen LogP contribution in [0.1, 0.15) is 24.6 Å². The molecule has 0 bridgehead atoms. The second kappa shape index (κ2) is 5.44. The van der Waals surface area contributed by atoms with Gasteiger partial charge in [-0.2, -0.15) is 5.10 Å². The summed E-state index contributed by atoms with van der Waals surface area (Å²) in [6.45, 7) is 3.73. The molecule has 6 heteroatoms. The molecular formula is C15H19N5O. The van der Waals surface area contributed by atoms with Gasteiger partial charge in [0.15, 0.2) is 0 Å². The third-order valence-corrected chi connectivity index (χ3v) is 4.11. The molecule has 0 spiro atoms. The molecular weight excluding hydrogens is 266 g/mol. The van der Waals surface area contributed by atoms with Crippen molar-refractivity contribution in [3.8, 4) is 6.01 Å². The van der Waals surface area contributed by atoms with E-state index in [1.807, 2.05) is 6.20 Å². The molecule has 1 atom stereocenters. The number of aromatic nitrogens is 4. The van der Waals surface area contributed by atoms with Crippen molar-refractivity contribution in [2.24, 2.45) is 5.92 Å². The maximum Gasteiger partial charge on any atom is 0.316 e. The average Bonchev–Trinajstić information content (AvgIpc) is 3.20. The van der Waals surface area contributed by atoms with Crippen LogP contribution in [0.15, 0.2) is 30.7 Å². The van der Waals surface area contributed by atoms with E-state index in [4.69, 9.17) is 4.74 Å². The molecule has 1 fully saturated rings. The Balaban J connectivity index is 1.45. The summed E-state index contributed by atoms with van der Waals surface area (Å²) in [4.78, 5) is 10.7. The van der Waals surface area contributed by atoms with Crippen LogP contribution in [0.25, 0.3) is 0 Å². The highest BCUT2D eigenvalue weighted by molar-refractivity contribution is 5.06. The highest BCUT2D eigenvalue weighted by Gasteiger charge is 2.30. The van der Waals surface area contributed by atoms with Crippen molar-refractivity contribution in [3.05, 3.63) is 36.4 Å². The number of hydrogen-bond acceptors (Lipinski definition) is 5. The predicted molar refractivity (Wildman–Crippen MR) is 76.8 cm³/mol. The molecule has 0 aromatic carbocycles. The Labute approximate surface area is 123 Å². The Kier molecular flexibility index (Phi) is 3.31. The van der Waals surface area contributed by atoms with E-state index in [-0.39, 0.29) is 6.04 Å². The van der Waals surface area contributed by atoms with Gasteiger partial charge in [0.1, 0.15) is 6.61 Å². The molecule has 21 heavy (non-hydrogen) atoms. The van der Waals surface area contributed by atoms with Gasteiger partial charge in [-0.15, -0.1) is 0 Å². The van der Waals surface area contributed by atoms with E-state index in [0.29, 0.717) is 12.6 Å². The van der Waals surface area contributed by atoms with Crippen molar-refractivity contribution in [2.45, 2.75) is 25.4 Å². The maximum atomic E-state index is 5.73. The van der Waals surface area contributed by atoms with Crippen LogP contribution >= 0.6 is 0 Å². The lowest BCUT2D eigenvalue weighted by Gasteiger charge is -2.33. The van der Waals surface area contributed by atoms with Crippen LogP contribution in [0.5, 0.6) is 6.01 Å². The summed E-state index contributed by atoms with van der Waals surface area (Å²) in [7, 11) is 0. The fraction of sp³-hybridized carbons (Fsp3) is 0.533. The summed E-state index contributed by atoms with van der Waals surface area (Å²) in [6, 6.07) is 4.55. The first-order valence-electron chi connectivity index (χ1n) is 7.53. The minimum atomic E-state index is 0.228. The first-order valence-corrected chi connectivity index (χ1v) is 7.53. The Morgan fingerprint density at radius 3 is 2.86 bits per heavy atom. The molecule has 2 aromatic rings. The first kappa shape index (κ1) is 12.8. The minimum Gasteiger partial charge on any atom is -0.461 e. The molecule has 0 amide bonds. The summed E-state index contributed by atoms with van der Waals surface area (Å²) in [5.74, 6) is 0.901. The highest BCUT2D eigenvalue weighted by atomic mass is 16.5. The third-order valence-electron chi connectivity index (χ3n) is 4.11. The fourth-order valence-electron chi connectivity index (χ4n) is 2.92. The van der Waals surface area contributed by atoms with Gasteiger partial charge in [-0.3, -0.25) is 9.58 Å². The highest BCUT2D eigenvalue weighted by Crippen LogP contribution is 2.32. The molecule has 2 aliphatic rings. The van der Waals surface area contributed by atoms with Gasteiger partial charge in [0, 0.05) is 38.2 Å². The Hall–Kier alpha value is -1.95. The molecule has 4 rings (SSSR count). The second-order valence-corrected chi connectivity index (χ2v) is 5.90. The lowest BCUT2D eigenvalue weighted by atomic mass is 10.2. The van der Waals surface area contributed by atoms with E-state index in [9.17, 15) is 0 Å². The zero-order valence-electron chi connectivity index (χ0n) is 11.9. The van der Waals surface area contributed by atoms with Crippen molar-refractivity contribution < 1.29 is 4.74 Å². The maximum absolute atomic E-state index is 5.73. The van der Waals surface area contributed by atoms with Crippen molar-refractivity contribution >= 4 is 0 Å². The standard InChI is InChI=1S/C15H19N5O/c1-5-16-15(17-6-1)21-11-14-10-19(8-12-2-3-12)9-13-4-7-18-20(13)14/h1,4-7,12,14H,2-3,8-11H2/t14-/m1/s1. The molecule has 1 saturated carbocycles. The van der Waals surface area contributed by atoms with E-state index >= 15 is 0 Å². The molecule has 110 valence electrons. The molecule has 1 aliphatic carbocycles. The predicted octanol–water partition coefficient (Wildman–Crippen LogP) is 1.52. The largest absolute Gasteiger partial charge is 0.461 e. The van der Waals surface area contributed by atoms with Crippen LogP contribution in [-0.2, 0) is 6.54 Å². The number of fused-ring (bicyclic) bond motifs is 1. The Morgan fingerprint density at radius 1 is 1.19 bits per heavy atom. The van der Waals surface area contributed by atoms with Crippen LogP contribution in [0.3, 0.4) is 0 Å². The molecule has 2 aromatic heterocycles. The third kappa shape index (κ3) is 2.90. The van der Waals surface area contributed by atoms with Crippen molar-refractivity contribution in [1.29, 1.82) is 0 Å². The fourth-order valence-corrected chi connectivity index (χ4v) is 2.92. The molecule has 3 heterocycles. The van der Waals surface area contributed by atoms with Crippen LogP contribution in [0.2, 0.25) is 0 Å². The van der Waals surface area contributed by atoms with E-state index in [0.717, 1.165) is 19.0 Å². The average molecular weight is 285 g/mol. The van der Waals surface area contributed by atoms with Crippen molar-refractivity contribution in [2.75, 3.05) is 19.7 Å². The van der Waals surface area contributed by atoms with Gasteiger partial charge in [0.25, 0.3) is 0 Å². The quantitative estimate of drug-likeness (QED) is 0.833.